The molecule has 3 N–H and O–H groups in total. The van der Waals surface area contributed by atoms with Gasteiger partial charge >= 0.3 is 12.1 Å². The Balaban J connectivity index is 1.35. The zero-order valence-corrected chi connectivity index (χ0v) is 34.0. The molecule has 6 rings (SSSR count). The highest BCUT2D eigenvalue weighted by Crippen LogP contribution is 2.45. The van der Waals surface area contributed by atoms with E-state index < -0.39 is 58.9 Å². The fourth-order valence-corrected chi connectivity index (χ4v) is 8.62. The molecule has 1 aliphatic heterocycles. The van der Waals surface area contributed by atoms with Gasteiger partial charge in [-0.1, -0.05) is 40.7 Å². The number of carbonyl (C=O) groups excluding carboxylic acids is 3. The summed E-state index contributed by atoms with van der Waals surface area (Å²) >= 11 is 1.56. The summed E-state index contributed by atoms with van der Waals surface area (Å²) in [5.41, 5.74) is -0.508. The number of carbonyl (C=O) groups is 4. The van der Waals surface area contributed by atoms with E-state index >= 15 is 0 Å². The van der Waals surface area contributed by atoms with Gasteiger partial charge in [0, 0.05) is 41.7 Å². The SMILES string of the molecule is C=C[C@@H]1C[C@]1(NC(=O)[C@@H]1C[C@@H](Oc2cc(-c3csc(CC(C)C)n3)nc3cc(OC)c(OC)cc23)CN1C(=O)[C@@H](NC(=O)OC1CCCC1)C(C)(C)C)C(=O)O. The molecule has 3 aliphatic rings. The van der Waals surface area contributed by atoms with E-state index in [0.717, 1.165) is 37.1 Å². The van der Waals surface area contributed by atoms with Crippen LogP contribution in [-0.2, 0) is 25.5 Å². The predicted octanol–water partition coefficient (Wildman–Crippen LogP) is 6.15. The molecule has 2 saturated carbocycles. The fraction of sp³-hybridized carbons (Fsp3) is 0.561. The number of likely N-dealkylation sites (tertiary alicyclic amines) is 1. The Hall–Kier alpha value is -4.92. The van der Waals surface area contributed by atoms with E-state index in [2.05, 4.69) is 31.1 Å². The zero-order chi connectivity index (χ0) is 40.5. The number of thiazole rings is 1. The average molecular weight is 792 g/mol. The maximum absolute atomic E-state index is 14.6. The number of pyridine rings is 1. The minimum atomic E-state index is -1.52. The lowest BCUT2D eigenvalue weighted by Gasteiger charge is -2.35. The van der Waals surface area contributed by atoms with Crippen LogP contribution in [0, 0.1) is 17.3 Å². The first-order chi connectivity index (χ1) is 26.6. The first-order valence-electron chi connectivity index (χ1n) is 19.2. The molecular formula is C41H53N5O9S. The Morgan fingerprint density at radius 1 is 1.04 bits per heavy atom. The van der Waals surface area contributed by atoms with Crippen molar-refractivity contribution in [2.75, 3.05) is 20.8 Å². The van der Waals surface area contributed by atoms with Gasteiger partial charge in [-0.05, 0) is 49.5 Å². The highest BCUT2D eigenvalue weighted by molar-refractivity contribution is 7.09. The average Bonchev–Trinajstić information content (AvgIpc) is 3.55. The second-order valence-electron chi connectivity index (χ2n) is 16.5. The molecule has 5 atom stereocenters. The molecule has 0 unspecified atom stereocenters. The third kappa shape index (κ3) is 8.57. The molecule has 302 valence electrons. The van der Waals surface area contributed by atoms with Crippen molar-refractivity contribution in [3.63, 3.8) is 0 Å². The van der Waals surface area contributed by atoms with E-state index in [1.807, 2.05) is 26.2 Å². The van der Waals surface area contributed by atoms with Crippen LogP contribution in [0.2, 0.25) is 0 Å². The number of benzene rings is 1. The quantitative estimate of drug-likeness (QED) is 0.160. The van der Waals surface area contributed by atoms with Crippen LogP contribution in [0.25, 0.3) is 22.3 Å². The van der Waals surface area contributed by atoms with Crippen LogP contribution in [0.4, 0.5) is 4.79 Å². The monoisotopic (exact) mass is 791 g/mol. The van der Waals surface area contributed by atoms with E-state index in [0.29, 0.717) is 45.5 Å². The maximum atomic E-state index is 14.6. The van der Waals surface area contributed by atoms with Crippen molar-refractivity contribution in [3.8, 4) is 28.6 Å². The number of ether oxygens (including phenoxy) is 4. The van der Waals surface area contributed by atoms with Gasteiger partial charge in [0.25, 0.3) is 0 Å². The molecule has 1 saturated heterocycles. The third-order valence-electron chi connectivity index (χ3n) is 10.8. The normalized spacial score (nSPS) is 22.8. The molecule has 1 aromatic carbocycles. The van der Waals surface area contributed by atoms with Gasteiger partial charge in [0.15, 0.2) is 11.5 Å². The standard InChI is InChI=1S/C41H53N5O9S/c1-9-23-19-41(23,38(49)50)45-36(47)30-15-25(20-46(30)37(48)35(40(4,5)6)44-39(51)55-24-12-10-11-13-24)54-31-18-28(29-21-56-34(43-29)14-22(2)3)42-27-17-33(53-8)32(52-7)16-26(27)31/h9,16-18,21-25,30,35H,1,10-15,19-20H2,2-8H3,(H,44,51)(H,45,47)(H,49,50)/t23-,25-,30+,35-,41-/m1/s1. The highest BCUT2D eigenvalue weighted by Gasteiger charge is 2.61. The number of nitrogens with zero attached hydrogens (tertiary/aromatic N) is 3. The minimum Gasteiger partial charge on any atom is -0.493 e. The largest absolute Gasteiger partial charge is 0.493 e. The van der Waals surface area contributed by atoms with Crippen molar-refractivity contribution in [3.05, 3.63) is 41.2 Å². The van der Waals surface area contributed by atoms with Crippen LogP contribution < -0.4 is 24.8 Å². The molecular weight excluding hydrogens is 739 g/mol. The molecule has 14 nitrogen and oxygen atoms in total. The summed E-state index contributed by atoms with van der Waals surface area (Å²) < 4.78 is 23.6. The first-order valence-corrected chi connectivity index (χ1v) is 20.1. The number of amides is 3. The molecule has 3 amide bonds. The Kier molecular flexibility index (Phi) is 11.8. The molecule has 3 aromatic rings. The van der Waals surface area contributed by atoms with E-state index in [-0.39, 0.29) is 25.5 Å². The van der Waals surface area contributed by atoms with Crippen molar-refractivity contribution >= 4 is 46.1 Å². The summed E-state index contributed by atoms with van der Waals surface area (Å²) in [6.07, 6.45) is 4.36. The zero-order valence-electron chi connectivity index (χ0n) is 33.2. The second kappa shape index (κ2) is 16.3. The second-order valence-corrected chi connectivity index (χ2v) is 17.4. The van der Waals surface area contributed by atoms with Crippen molar-refractivity contribution in [1.82, 2.24) is 25.5 Å². The number of alkyl carbamates (subject to hydrolysis) is 1. The number of fused-ring (bicyclic) bond motifs is 1. The Labute approximate surface area is 331 Å². The van der Waals surface area contributed by atoms with Gasteiger partial charge in [-0.3, -0.25) is 9.59 Å². The van der Waals surface area contributed by atoms with Gasteiger partial charge in [-0.25, -0.2) is 19.6 Å². The van der Waals surface area contributed by atoms with Crippen LogP contribution in [0.3, 0.4) is 0 Å². The predicted molar refractivity (Wildman–Crippen MR) is 211 cm³/mol. The molecule has 2 aliphatic carbocycles. The molecule has 15 heteroatoms. The summed E-state index contributed by atoms with van der Waals surface area (Å²) in [4.78, 5) is 65.5. The van der Waals surface area contributed by atoms with Crippen molar-refractivity contribution < 1.29 is 43.2 Å². The number of rotatable bonds is 14. The van der Waals surface area contributed by atoms with Crippen LogP contribution in [0.15, 0.2) is 36.2 Å². The lowest BCUT2D eigenvalue weighted by Crippen LogP contribution is -2.59. The number of carboxylic acid groups (broad SMARTS) is 1. The first kappa shape index (κ1) is 40.7. The summed E-state index contributed by atoms with van der Waals surface area (Å²) in [6, 6.07) is 3.12. The van der Waals surface area contributed by atoms with Crippen molar-refractivity contribution in [1.29, 1.82) is 0 Å². The van der Waals surface area contributed by atoms with Crippen LogP contribution in [-0.4, -0.2) is 94.4 Å². The highest BCUT2D eigenvalue weighted by atomic mass is 32.1. The van der Waals surface area contributed by atoms with Gasteiger partial charge in [0.05, 0.1) is 42.7 Å². The van der Waals surface area contributed by atoms with Crippen LogP contribution in [0.1, 0.15) is 78.2 Å². The van der Waals surface area contributed by atoms with E-state index in [9.17, 15) is 24.3 Å². The van der Waals surface area contributed by atoms with Gasteiger partial charge < -0.3 is 39.6 Å². The Morgan fingerprint density at radius 2 is 1.73 bits per heavy atom. The van der Waals surface area contributed by atoms with Gasteiger partial charge in [-0.2, -0.15) is 0 Å². The number of aromatic nitrogens is 2. The summed E-state index contributed by atoms with van der Waals surface area (Å²) in [7, 11) is 3.07. The summed E-state index contributed by atoms with van der Waals surface area (Å²) in [5, 5.41) is 19.2. The van der Waals surface area contributed by atoms with E-state index in [4.69, 9.17) is 28.9 Å². The number of carboxylic acids is 1. The van der Waals surface area contributed by atoms with Crippen LogP contribution >= 0.6 is 11.3 Å². The van der Waals surface area contributed by atoms with Gasteiger partial charge in [0.2, 0.25) is 11.8 Å². The van der Waals surface area contributed by atoms with Crippen molar-refractivity contribution in [2.24, 2.45) is 17.3 Å². The number of aliphatic carboxylic acids is 1. The smallest absolute Gasteiger partial charge is 0.408 e. The summed E-state index contributed by atoms with van der Waals surface area (Å²) in [6.45, 7) is 13.4. The summed E-state index contributed by atoms with van der Waals surface area (Å²) in [5.74, 6) is -1.02. The van der Waals surface area contributed by atoms with E-state index in [1.54, 1.807) is 36.6 Å². The van der Waals surface area contributed by atoms with Gasteiger partial charge in [0.1, 0.15) is 35.6 Å². The third-order valence-corrected chi connectivity index (χ3v) is 11.7. The topological polar surface area (TPSA) is 179 Å². The lowest BCUT2D eigenvalue weighted by atomic mass is 9.85. The number of methoxy groups -OCH3 is 2. The fourth-order valence-electron chi connectivity index (χ4n) is 7.62. The Bertz CT molecular complexity index is 1990. The number of hydrogen-bond donors (Lipinski definition) is 3. The van der Waals surface area contributed by atoms with Gasteiger partial charge in [-0.15, -0.1) is 17.9 Å². The molecule has 0 spiro atoms. The molecule has 3 heterocycles. The molecule has 3 fully saturated rings. The minimum absolute atomic E-state index is 0.0323. The maximum Gasteiger partial charge on any atom is 0.408 e. The molecule has 2 aromatic heterocycles. The van der Waals surface area contributed by atoms with Crippen molar-refractivity contribution in [2.45, 2.75) is 109 Å². The lowest BCUT2D eigenvalue weighted by molar-refractivity contribution is -0.146. The molecule has 0 radical (unpaired) electrons. The molecule has 0 bridgehead atoms. The van der Waals surface area contributed by atoms with E-state index in [1.165, 1.54) is 18.1 Å². The molecule has 56 heavy (non-hydrogen) atoms. The number of hydrogen-bond acceptors (Lipinski definition) is 11. The Morgan fingerprint density at radius 3 is 2.34 bits per heavy atom. The van der Waals surface area contributed by atoms with Crippen LogP contribution in [0.5, 0.6) is 17.2 Å². The number of nitrogens with one attached hydrogen (secondary N) is 2.